The number of guanidine groups is 1. The summed E-state index contributed by atoms with van der Waals surface area (Å²) in [4.78, 5) is 4.50. The van der Waals surface area contributed by atoms with Gasteiger partial charge in [-0.15, -0.1) is 24.0 Å². The Labute approximate surface area is 141 Å². The molecule has 0 atom stereocenters. The van der Waals surface area contributed by atoms with E-state index < -0.39 is 0 Å². The van der Waals surface area contributed by atoms with E-state index in [0.717, 1.165) is 19.6 Å². The SMILES string of the molecule is COCCC(C)(C)CN=C(N)NC1CCCCCC1.I. The first-order valence-corrected chi connectivity index (χ1v) is 7.59. The molecule has 0 saturated heterocycles. The van der Waals surface area contributed by atoms with E-state index in [9.17, 15) is 0 Å². The van der Waals surface area contributed by atoms with Crippen LogP contribution in [-0.2, 0) is 4.74 Å². The quantitative estimate of drug-likeness (QED) is 0.313. The molecule has 0 amide bonds. The summed E-state index contributed by atoms with van der Waals surface area (Å²) >= 11 is 0. The van der Waals surface area contributed by atoms with Crippen LogP contribution in [-0.4, -0.2) is 32.3 Å². The Kier molecular flexibility index (Phi) is 10.6. The maximum atomic E-state index is 6.00. The second-order valence-electron chi connectivity index (χ2n) is 6.44. The molecular weight excluding hydrogens is 365 g/mol. The lowest BCUT2D eigenvalue weighted by atomic mass is 9.90. The van der Waals surface area contributed by atoms with E-state index in [4.69, 9.17) is 10.5 Å². The molecule has 1 fully saturated rings. The van der Waals surface area contributed by atoms with Crippen LogP contribution in [0.5, 0.6) is 0 Å². The van der Waals surface area contributed by atoms with Gasteiger partial charge in [-0.05, 0) is 24.7 Å². The number of aliphatic imine (C=N–C) groups is 1. The minimum Gasteiger partial charge on any atom is -0.385 e. The van der Waals surface area contributed by atoms with Crippen molar-refractivity contribution in [2.45, 2.75) is 64.8 Å². The zero-order valence-corrected chi connectivity index (χ0v) is 15.6. The Morgan fingerprint density at radius 1 is 1.25 bits per heavy atom. The maximum Gasteiger partial charge on any atom is 0.188 e. The van der Waals surface area contributed by atoms with Gasteiger partial charge in [-0.1, -0.05) is 39.5 Å². The molecule has 0 radical (unpaired) electrons. The molecule has 1 rings (SSSR count). The lowest BCUT2D eigenvalue weighted by Crippen LogP contribution is -2.40. The van der Waals surface area contributed by atoms with Gasteiger partial charge in [-0.25, -0.2) is 0 Å². The fourth-order valence-electron chi connectivity index (χ4n) is 2.44. The number of halogens is 1. The molecule has 0 spiro atoms. The maximum absolute atomic E-state index is 6.00. The fraction of sp³-hybridized carbons (Fsp3) is 0.933. The summed E-state index contributed by atoms with van der Waals surface area (Å²) in [5.41, 5.74) is 6.14. The highest BCUT2D eigenvalue weighted by molar-refractivity contribution is 14.0. The Bertz CT molecular complexity index is 274. The van der Waals surface area contributed by atoms with Crippen LogP contribution >= 0.6 is 24.0 Å². The molecule has 0 unspecified atom stereocenters. The van der Waals surface area contributed by atoms with Gasteiger partial charge in [-0.2, -0.15) is 0 Å². The normalized spacial score (nSPS) is 18.2. The number of methoxy groups -OCH3 is 1. The van der Waals surface area contributed by atoms with E-state index in [0.29, 0.717) is 12.0 Å². The number of nitrogens with one attached hydrogen (secondary N) is 1. The Morgan fingerprint density at radius 2 is 1.85 bits per heavy atom. The number of nitrogens with zero attached hydrogens (tertiary/aromatic N) is 1. The van der Waals surface area contributed by atoms with Gasteiger partial charge < -0.3 is 15.8 Å². The average Bonchev–Trinajstić information content (AvgIpc) is 2.63. The lowest BCUT2D eigenvalue weighted by molar-refractivity contribution is 0.155. The summed E-state index contributed by atoms with van der Waals surface area (Å²) in [7, 11) is 1.74. The van der Waals surface area contributed by atoms with Crippen molar-refractivity contribution in [3.05, 3.63) is 0 Å². The van der Waals surface area contributed by atoms with Crippen LogP contribution in [0.25, 0.3) is 0 Å². The highest BCUT2D eigenvalue weighted by Crippen LogP contribution is 2.20. The first-order valence-electron chi connectivity index (χ1n) is 7.59. The van der Waals surface area contributed by atoms with Crippen molar-refractivity contribution in [2.24, 2.45) is 16.1 Å². The molecule has 0 aromatic heterocycles. The number of ether oxygens (including phenoxy) is 1. The summed E-state index contributed by atoms with van der Waals surface area (Å²) in [5, 5.41) is 3.38. The molecule has 0 aromatic carbocycles. The van der Waals surface area contributed by atoms with E-state index in [1.807, 2.05) is 0 Å². The Morgan fingerprint density at radius 3 is 2.40 bits per heavy atom. The minimum absolute atomic E-state index is 0. The Balaban J connectivity index is 0.00000361. The molecule has 0 bridgehead atoms. The van der Waals surface area contributed by atoms with Crippen LogP contribution in [0, 0.1) is 5.41 Å². The smallest absolute Gasteiger partial charge is 0.188 e. The molecular formula is C15H32IN3O. The van der Waals surface area contributed by atoms with Crippen LogP contribution in [0.2, 0.25) is 0 Å². The zero-order chi connectivity index (χ0) is 14.1. The van der Waals surface area contributed by atoms with Crippen molar-refractivity contribution in [3.8, 4) is 0 Å². The van der Waals surface area contributed by atoms with Crippen LogP contribution in [0.3, 0.4) is 0 Å². The van der Waals surface area contributed by atoms with Crippen molar-refractivity contribution >= 4 is 29.9 Å². The molecule has 0 aliphatic heterocycles. The van der Waals surface area contributed by atoms with Gasteiger partial charge in [0.05, 0.1) is 0 Å². The third-order valence-electron chi connectivity index (χ3n) is 3.87. The van der Waals surface area contributed by atoms with Crippen LogP contribution in [0.4, 0.5) is 0 Å². The van der Waals surface area contributed by atoms with E-state index in [-0.39, 0.29) is 29.4 Å². The molecule has 0 aromatic rings. The van der Waals surface area contributed by atoms with Crippen molar-refractivity contribution in [3.63, 3.8) is 0 Å². The minimum atomic E-state index is 0. The van der Waals surface area contributed by atoms with E-state index in [1.165, 1.54) is 38.5 Å². The van der Waals surface area contributed by atoms with E-state index in [1.54, 1.807) is 7.11 Å². The van der Waals surface area contributed by atoms with Gasteiger partial charge >= 0.3 is 0 Å². The third-order valence-corrected chi connectivity index (χ3v) is 3.87. The monoisotopic (exact) mass is 397 g/mol. The van der Waals surface area contributed by atoms with E-state index >= 15 is 0 Å². The predicted octanol–water partition coefficient (Wildman–Crippen LogP) is 3.29. The summed E-state index contributed by atoms with van der Waals surface area (Å²) in [5.74, 6) is 0.609. The summed E-state index contributed by atoms with van der Waals surface area (Å²) < 4.78 is 5.12. The molecule has 3 N–H and O–H groups in total. The van der Waals surface area contributed by atoms with Crippen molar-refractivity contribution in [1.82, 2.24) is 5.32 Å². The molecule has 1 aliphatic rings. The summed E-state index contributed by atoms with van der Waals surface area (Å²) in [6.07, 6.45) is 8.80. The summed E-state index contributed by atoms with van der Waals surface area (Å²) in [6, 6.07) is 0.522. The van der Waals surface area contributed by atoms with Crippen molar-refractivity contribution in [2.75, 3.05) is 20.3 Å². The fourth-order valence-corrected chi connectivity index (χ4v) is 2.44. The van der Waals surface area contributed by atoms with Gasteiger partial charge in [-0.3, -0.25) is 4.99 Å². The third kappa shape index (κ3) is 9.00. The lowest BCUT2D eigenvalue weighted by Gasteiger charge is -2.23. The first-order chi connectivity index (χ1) is 9.03. The van der Waals surface area contributed by atoms with Crippen molar-refractivity contribution < 1.29 is 4.74 Å². The molecule has 0 heterocycles. The highest BCUT2D eigenvalue weighted by Gasteiger charge is 2.17. The second-order valence-corrected chi connectivity index (χ2v) is 6.44. The predicted molar refractivity (Wildman–Crippen MR) is 96.8 cm³/mol. The number of hydrogen-bond acceptors (Lipinski definition) is 2. The van der Waals surface area contributed by atoms with Gasteiger partial charge in [0.1, 0.15) is 0 Å². The van der Waals surface area contributed by atoms with Crippen LogP contribution < -0.4 is 11.1 Å². The highest BCUT2D eigenvalue weighted by atomic mass is 127. The molecule has 4 nitrogen and oxygen atoms in total. The molecule has 20 heavy (non-hydrogen) atoms. The molecule has 5 heteroatoms. The largest absolute Gasteiger partial charge is 0.385 e. The van der Waals surface area contributed by atoms with Gasteiger partial charge in [0.15, 0.2) is 5.96 Å². The first kappa shape index (κ1) is 20.0. The van der Waals surface area contributed by atoms with Gasteiger partial charge in [0, 0.05) is 26.3 Å². The zero-order valence-electron chi connectivity index (χ0n) is 13.3. The molecule has 1 saturated carbocycles. The van der Waals surface area contributed by atoms with Gasteiger partial charge in [0.2, 0.25) is 0 Å². The Hall–Kier alpha value is -0.0400. The topological polar surface area (TPSA) is 59.6 Å². The molecule has 120 valence electrons. The molecule has 1 aliphatic carbocycles. The summed E-state index contributed by atoms with van der Waals surface area (Å²) in [6.45, 7) is 5.93. The van der Waals surface area contributed by atoms with Crippen LogP contribution in [0.15, 0.2) is 4.99 Å². The number of nitrogens with two attached hydrogens (primary N) is 1. The standard InChI is InChI=1S/C15H31N3O.HI/c1-15(2,10-11-19-3)12-17-14(16)18-13-8-6-4-5-7-9-13;/h13H,4-12H2,1-3H3,(H3,16,17,18);1H. The van der Waals surface area contributed by atoms with Crippen molar-refractivity contribution in [1.29, 1.82) is 0 Å². The second kappa shape index (κ2) is 10.7. The van der Waals surface area contributed by atoms with Crippen LogP contribution in [0.1, 0.15) is 58.8 Å². The number of rotatable bonds is 6. The van der Waals surface area contributed by atoms with E-state index in [2.05, 4.69) is 24.2 Å². The number of hydrogen-bond donors (Lipinski definition) is 2. The van der Waals surface area contributed by atoms with Gasteiger partial charge in [0.25, 0.3) is 0 Å². The average molecular weight is 397 g/mol.